The Morgan fingerprint density at radius 1 is 1.34 bits per heavy atom. The van der Waals surface area contributed by atoms with Crippen molar-refractivity contribution < 1.29 is 8.42 Å². The number of sulfonamides is 1. The van der Waals surface area contributed by atoms with Crippen molar-refractivity contribution in [1.82, 2.24) is 19.9 Å². The number of nitrogens with one attached hydrogen (secondary N) is 3. The van der Waals surface area contributed by atoms with Crippen LogP contribution < -0.4 is 10.6 Å². The number of halogens is 1. The predicted octanol–water partition coefficient (Wildman–Crippen LogP) is 2.73. The zero-order chi connectivity index (χ0) is 20.9. The molecule has 0 saturated carbocycles. The largest absolute Gasteiger partial charge is 0.361 e. The lowest BCUT2D eigenvalue weighted by molar-refractivity contribution is 0.306. The van der Waals surface area contributed by atoms with Crippen molar-refractivity contribution in [3.63, 3.8) is 0 Å². The number of rotatable bonds is 7. The van der Waals surface area contributed by atoms with Crippen molar-refractivity contribution >= 4 is 38.5 Å². The maximum Gasteiger partial charge on any atom is 0.214 e. The summed E-state index contributed by atoms with van der Waals surface area (Å²) >= 11 is 6.12. The van der Waals surface area contributed by atoms with Gasteiger partial charge in [-0.2, -0.15) is 0 Å². The summed E-state index contributed by atoms with van der Waals surface area (Å²) in [6.45, 7) is 3.76. The maximum atomic E-state index is 12.2. The van der Waals surface area contributed by atoms with Crippen molar-refractivity contribution in [2.75, 3.05) is 32.4 Å². The molecule has 1 aliphatic heterocycles. The molecule has 3 rings (SSSR count). The van der Waals surface area contributed by atoms with Crippen molar-refractivity contribution in [3.05, 3.63) is 35.0 Å². The fourth-order valence-corrected chi connectivity index (χ4v) is 5.44. The number of benzene rings is 1. The van der Waals surface area contributed by atoms with Crippen molar-refractivity contribution in [2.45, 2.75) is 38.6 Å². The standard InChI is InChI=1S/C20H30ClN5O2S/c1-3-12-29(27,28)26-10-7-17(8-11-26)25-20(22-2)23-9-6-15-14-24-19-5-4-16(21)13-18(15)19/h4-5,13-14,17,24H,3,6-12H2,1-2H3,(H2,22,23,25). The number of aromatic nitrogens is 1. The number of fused-ring (bicyclic) bond motifs is 1. The van der Waals surface area contributed by atoms with Crippen LogP contribution in [0.5, 0.6) is 0 Å². The third-order valence-electron chi connectivity index (χ3n) is 5.29. The first-order valence-corrected chi connectivity index (χ1v) is 12.1. The van der Waals surface area contributed by atoms with Gasteiger partial charge in [-0.25, -0.2) is 12.7 Å². The normalized spacial score (nSPS) is 17.0. The fourth-order valence-electron chi connectivity index (χ4n) is 3.73. The minimum absolute atomic E-state index is 0.223. The summed E-state index contributed by atoms with van der Waals surface area (Å²) < 4.78 is 26.0. The van der Waals surface area contributed by atoms with E-state index < -0.39 is 10.0 Å². The summed E-state index contributed by atoms with van der Waals surface area (Å²) in [6.07, 6.45) is 5.08. The molecule has 3 N–H and O–H groups in total. The lowest BCUT2D eigenvalue weighted by atomic mass is 10.1. The average molecular weight is 440 g/mol. The van der Waals surface area contributed by atoms with Gasteiger partial charge in [-0.15, -0.1) is 0 Å². The first-order chi connectivity index (χ1) is 13.9. The predicted molar refractivity (Wildman–Crippen MR) is 120 cm³/mol. The summed E-state index contributed by atoms with van der Waals surface area (Å²) in [4.78, 5) is 7.58. The van der Waals surface area contributed by atoms with E-state index in [1.807, 2.05) is 31.3 Å². The van der Waals surface area contributed by atoms with Crippen molar-refractivity contribution in [3.8, 4) is 0 Å². The number of nitrogens with zero attached hydrogens (tertiary/aromatic N) is 2. The van der Waals surface area contributed by atoms with E-state index >= 15 is 0 Å². The van der Waals surface area contributed by atoms with Gasteiger partial charge in [0.1, 0.15) is 0 Å². The van der Waals surface area contributed by atoms with E-state index in [1.165, 1.54) is 5.56 Å². The van der Waals surface area contributed by atoms with E-state index in [1.54, 1.807) is 11.4 Å². The molecule has 0 bridgehead atoms. The second-order valence-corrected chi connectivity index (χ2v) is 9.91. The molecule has 0 amide bonds. The van der Waals surface area contributed by atoms with E-state index in [2.05, 4.69) is 20.6 Å². The number of guanidine groups is 1. The van der Waals surface area contributed by atoms with E-state index in [0.717, 1.165) is 47.7 Å². The number of hydrogen-bond acceptors (Lipinski definition) is 3. The Balaban J connectivity index is 1.47. The lowest BCUT2D eigenvalue weighted by Gasteiger charge is -2.32. The van der Waals surface area contributed by atoms with Gasteiger partial charge in [-0.05, 0) is 49.4 Å². The van der Waals surface area contributed by atoms with Crippen LogP contribution in [0.25, 0.3) is 10.9 Å². The number of aromatic amines is 1. The zero-order valence-corrected chi connectivity index (χ0v) is 18.6. The highest BCUT2D eigenvalue weighted by atomic mass is 35.5. The summed E-state index contributed by atoms with van der Waals surface area (Å²) in [5.74, 6) is 0.977. The van der Waals surface area contributed by atoms with Crippen LogP contribution in [0.3, 0.4) is 0 Å². The van der Waals surface area contributed by atoms with Crippen LogP contribution in [0, 0.1) is 0 Å². The molecule has 7 nitrogen and oxygen atoms in total. The van der Waals surface area contributed by atoms with Gasteiger partial charge in [0.25, 0.3) is 0 Å². The van der Waals surface area contributed by atoms with E-state index in [9.17, 15) is 8.42 Å². The van der Waals surface area contributed by atoms with Crippen molar-refractivity contribution in [1.29, 1.82) is 0 Å². The zero-order valence-electron chi connectivity index (χ0n) is 17.0. The Morgan fingerprint density at radius 2 is 2.10 bits per heavy atom. The van der Waals surface area contributed by atoms with E-state index in [4.69, 9.17) is 11.6 Å². The van der Waals surface area contributed by atoms with E-state index in [0.29, 0.717) is 19.5 Å². The van der Waals surface area contributed by atoms with Gasteiger partial charge in [-0.3, -0.25) is 4.99 Å². The molecule has 2 heterocycles. The second kappa shape index (κ2) is 9.82. The highest BCUT2D eigenvalue weighted by Gasteiger charge is 2.27. The Kier molecular flexibility index (Phi) is 7.43. The highest BCUT2D eigenvalue weighted by molar-refractivity contribution is 7.89. The molecule has 2 aromatic rings. The molecule has 1 aliphatic rings. The topological polar surface area (TPSA) is 89.6 Å². The van der Waals surface area contributed by atoms with Gasteiger partial charge >= 0.3 is 0 Å². The number of piperidine rings is 1. The number of H-pyrrole nitrogens is 1. The van der Waals surface area contributed by atoms with Gasteiger partial charge in [0.05, 0.1) is 5.75 Å². The van der Waals surface area contributed by atoms with Gasteiger partial charge in [0.15, 0.2) is 5.96 Å². The first-order valence-electron chi connectivity index (χ1n) is 10.1. The molecule has 1 saturated heterocycles. The van der Waals surface area contributed by atoms with Gasteiger partial charge in [0, 0.05) is 54.8 Å². The van der Waals surface area contributed by atoms with Gasteiger partial charge in [0.2, 0.25) is 10.0 Å². The van der Waals surface area contributed by atoms with Gasteiger partial charge < -0.3 is 15.6 Å². The number of aliphatic imine (C=N–C) groups is 1. The monoisotopic (exact) mass is 439 g/mol. The molecule has 0 spiro atoms. The molecule has 1 fully saturated rings. The third kappa shape index (κ3) is 5.65. The Bertz CT molecular complexity index is 949. The summed E-state index contributed by atoms with van der Waals surface area (Å²) in [6, 6.07) is 6.08. The van der Waals surface area contributed by atoms with Gasteiger partial charge in [-0.1, -0.05) is 18.5 Å². The Labute approximate surface area is 178 Å². The van der Waals surface area contributed by atoms with Crippen LogP contribution in [0.1, 0.15) is 31.7 Å². The van der Waals surface area contributed by atoms with Crippen LogP contribution in [0.2, 0.25) is 5.02 Å². The SMILES string of the molecule is CCCS(=O)(=O)N1CCC(NC(=NC)NCCc2c[nH]c3ccc(Cl)cc23)CC1. The molecular formula is C20H30ClN5O2S. The molecular weight excluding hydrogens is 410 g/mol. The first kappa shape index (κ1) is 21.9. The molecule has 1 aromatic carbocycles. The summed E-state index contributed by atoms with van der Waals surface area (Å²) in [5, 5.41) is 8.65. The maximum absolute atomic E-state index is 12.2. The molecule has 29 heavy (non-hydrogen) atoms. The Hall–Kier alpha value is -1.77. The van der Waals surface area contributed by atoms with Crippen LogP contribution >= 0.6 is 11.6 Å². The highest BCUT2D eigenvalue weighted by Crippen LogP contribution is 2.22. The van der Waals surface area contributed by atoms with Crippen LogP contribution in [0.15, 0.2) is 29.4 Å². The van der Waals surface area contributed by atoms with Crippen LogP contribution in [-0.2, 0) is 16.4 Å². The Morgan fingerprint density at radius 3 is 2.79 bits per heavy atom. The minimum Gasteiger partial charge on any atom is -0.361 e. The molecule has 1 aromatic heterocycles. The lowest BCUT2D eigenvalue weighted by Crippen LogP contribution is -2.50. The smallest absolute Gasteiger partial charge is 0.214 e. The van der Waals surface area contributed by atoms with Crippen LogP contribution in [0.4, 0.5) is 0 Å². The molecule has 160 valence electrons. The minimum atomic E-state index is -3.10. The fraction of sp³-hybridized carbons (Fsp3) is 0.550. The van der Waals surface area contributed by atoms with Crippen LogP contribution in [-0.4, -0.2) is 62.1 Å². The molecule has 0 unspecified atom stereocenters. The molecule has 9 heteroatoms. The number of hydrogen-bond donors (Lipinski definition) is 3. The third-order valence-corrected chi connectivity index (χ3v) is 7.60. The van der Waals surface area contributed by atoms with E-state index in [-0.39, 0.29) is 11.8 Å². The molecule has 0 radical (unpaired) electrons. The molecule has 0 atom stereocenters. The summed E-state index contributed by atoms with van der Waals surface area (Å²) in [5.41, 5.74) is 2.29. The average Bonchev–Trinajstić information content (AvgIpc) is 3.09. The quantitative estimate of drug-likeness (QED) is 0.457. The summed E-state index contributed by atoms with van der Waals surface area (Å²) in [7, 11) is -1.35. The second-order valence-electron chi connectivity index (χ2n) is 7.39. The van der Waals surface area contributed by atoms with Crippen molar-refractivity contribution in [2.24, 2.45) is 4.99 Å². The molecule has 0 aliphatic carbocycles.